The van der Waals surface area contributed by atoms with E-state index in [1.54, 1.807) is 18.2 Å². The van der Waals surface area contributed by atoms with Gasteiger partial charge in [-0.05, 0) is 18.2 Å². The fourth-order valence-electron chi connectivity index (χ4n) is 2.81. The number of fused-ring (bicyclic) bond motifs is 1. The normalized spacial score (nSPS) is 22.1. The van der Waals surface area contributed by atoms with Crippen molar-refractivity contribution in [1.82, 2.24) is 15.1 Å². The summed E-state index contributed by atoms with van der Waals surface area (Å²) in [4.78, 5) is 27.8. The lowest BCUT2D eigenvalue weighted by atomic mass is 10.1. The second-order valence-corrected chi connectivity index (χ2v) is 6.16. The molecule has 112 valence electrons. The number of amides is 2. The molecule has 1 unspecified atom stereocenters. The number of Topliss-reactive ketones (excluding diaryl/α,β-unsaturated/α-hetero) is 1. The Morgan fingerprint density at radius 2 is 2.14 bits per heavy atom. The van der Waals surface area contributed by atoms with Gasteiger partial charge in [-0.1, -0.05) is 23.2 Å². The van der Waals surface area contributed by atoms with Crippen molar-refractivity contribution in [3.05, 3.63) is 33.8 Å². The van der Waals surface area contributed by atoms with Gasteiger partial charge in [-0.15, -0.1) is 0 Å². The molecule has 2 aliphatic heterocycles. The van der Waals surface area contributed by atoms with Crippen LogP contribution in [0, 0.1) is 0 Å². The standard InChI is InChI=1S/C14H15Cl2N3O2/c15-9-1-2-12(16)11(5-9)13(20)8-18-3-4-19-10(7-18)6-17-14(19)21/h1-2,5,10H,3-4,6-8H2,(H,17,21). The SMILES string of the molecule is O=C(CN1CCN2C(=O)NCC2C1)c1cc(Cl)ccc1Cl. The quantitative estimate of drug-likeness (QED) is 0.862. The summed E-state index contributed by atoms with van der Waals surface area (Å²) in [5.41, 5.74) is 0.451. The molecule has 0 spiro atoms. The Bertz CT molecular complexity index is 594. The lowest BCUT2D eigenvalue weighted by molar-refractivity contribution is 0.0838. The maximum atomic E-state index is 12.4. The van der Waals surface area contributed by atoms with Gasteiger partial charge in [0.05, 0.1) is 17.6 Å². The van der Waals surface area contributed by atoms with Crippen LogP contribution in [-0.2, 0) is 0 Å². The molecule has 0 aliphatic carbocycles. The molecular formula is C14H15Cl2N3O2. The van der Waals surface area contributed by atoms with E-state index in [1.165, 1.54) is 0 Å². The largest absolute Gasteiger partial charge is 0.336 e. The predicted octanol–water partition coefficient (Wildman–Crippen LogP) is 1.89. The lowest BCUT2D eigenvalue weighted by Crippen LogP contribution is -2.53. The molecule has 2 aliphatic rings. The van der Waals surface area contributed by atoms with Crippen LogP contribution in [-0.4, -0.2) is 60.4 Å². The second kappa shape index (κ2) is 5.83. The van der Waals surface area contributed by atoms with Gasteiger partial charge in [0.2, 0.25) is 0 Å². The van der Waals surface area contributed by atoms with Crippen LogP contribution >= 0.6 is 23.2 Å². The molecule has 2 heterocycles. The van der Waals surface area contributed by atoms with Crippen LogP contribution in [0.2, 0.25) is 10.0 Å². The van der Waals surface area contributed by atoms with Gasteiger partial charge in [-0.2, -0.15) is 0 Å². The van der Waals surface area contributed by atoms with Crippen molar-refractivity contribution in [3.8, 4) is 0 Å². The van der Waals surface area contributed by atoms with Crippen LogP contribution < -0.4 is 5.32 Å². The van der Waals surface area contributed by atoms with E-state index >= 15 is 0 Å². The van der Waals surface area contributed by atoms with Crippen molar-refractivity contribution in [2.75, 3.05) is 32.7 Å². The van der Waals surface area contributed by atoms with Crippen molar-refractivity contribution in [2.24, 2.45) is 0 Å². The number of hydrogen-bond donors (Lipinski definition) is 1. The van der Waals surface area contributed by atoms with E-state index in [0.717, 1.165) is 0 Å². The Balaban J connectivity index is 1.66. The molecule has 2 amide bonds. The molecule has 2 fully saturated rings. The molecule has 1 atom stereocenters. The predicted molar refractivity (Wildman–Crippen MR) is 81.1 cm³/mol. The summed E-state index contributed by atoms with van der Waals surface area (Å²) in [6.07, 6.45) is 0. The van der Waals surface area contributed by atoms with Crippen molar-refractivity contribution in [3.63, 3.8) is 0 Å². The second-order valence-electron chi connectivity index (χ2n) is 5.32. The summed E-state index contributed by atoms with van der Waals surface area (Å²) in [5, 5.41) is 3.74. The Kier molecular flexibility index (Phi) is 4.06. The molecule has 3 rings (SSSR count). The Morgan fingerprint density at radius 1 is 1.33 bits per heavy atom. The topological polar surface area (TPSA) is 52.7 Å². The van der Waals surface area contributed by atoms with Gasteiger partial charge in [-0.3, -0.25) is 9.69 Å². The summed E-state index contributed by atoms with van der Waals surface area (Å²) in [6.45, 7) is 2.96. The van der Waals surface area contributed by atoms with E-state index in [4.69, 9.17) is 23.2 Å². The van der Waals surface area contributed by atoms with Crippen LogP contribution in [0.5, 0.6) is 0 Å². The number of carbonyl (C=O) groups excluding carboxylic acids is 2. The number of benzene rings is 1. The van der Waals surface area contributed by atoms with E-state index < -0.39 is 0 Å². The molecule has 0 aromatic heterocycles. The fraction of sp³-hybridized carbons (Fsp3) is 0.429. The minimum Gasteiger partial charge on any atom is -0.336 e. The number of halogens is 2. The number of nitrogens with zero attached hydrogens (tertiary/aromatic N) is 2. The Labute approximate surface area is 132 Å². The van der Waals surface area contributed by atoms with Gasteiger partial charge in [0, 0.05) is 36.8 Å². The molecule has 1 N–H and O–H groups in total. The van der Waals surface area contributed by atoms with E-state index in [0.29, 0.717) is 48.3 Å². The molecule has 0 bridgehead atoms. The summed E-state index contributed by atoms with van der Waals surface area (Å²) in [7, 11) is 0. The highest BCUT2D eigenvalue weighted by atomic mass is 35.5. The van der Waals surface area contributed by atoms with E-state index in [1.807, 2.05) is 4.90 Å². The summed E-state index contributed by atoms with van der Waals surface area (Å²) in [6, 6.07) is 5.03. The van der Waals surface area contributed by atoms with E-state index in [-0.39, 0.29) is 17.9 Å². The van der Waals surface area contributed by atoms with Crippen molar-refractivity contribution in [1.29, 1.82) is 0 Å². The molecule has 1 aromatic rings. The highest BCUT2D eigenvalue weighted by molar-refractivity contribution is 6.36. The van der Waals surface area contributed by atoms with Crippen LogP contribution in [0.3, 0.4) is 0 Å². The highest BCUT2D eigenvalue weighted by Crippen LogP contribution is 2.22. The number of piperazine rings is 1. The maximum absolute atomic E-state index is 12.4. The summed E-state index contributed by atoms with van der Waals surface area (Å²) >= 11 is 12.0. The third-order valence-corrected chi connectivity index (χ3v) is 4.48. The first-order chi connectivity index (χ1) is 10.0. The van der Waals surface area contributed by atoms with Crippen LogP contribution in [0.15, 0.2) is 18.2 Å². The molecule has 0 radical (unpaired) electrons. The van der Waals surface area contributed by atoms with Crippen LogP contribution in [0.4, 0.5) is 4.79 Å². The molecule has 0 saturated carbocycles. The van der Waals surface area contributed by atoms with Crippen molar-refractivity contribution in [2.45, 2.75) is 6.04 Å². The molecule has 1 aromatic carbocycles. The average Bonchev–Trinajstić information content (AvgIpc) is 2.82. The number of nitrogens with one attached hydrogen (secondary N) is 1. The minimum atomic E-state index is -0.0479. The zero-order chi connectivity index (χ0) is 15.0. The third-order valence-electron chi connectivity index (χ3n) is 3.91. The Morgan fingerprint density at radius 3 is 2.95 bits per heavy atom. The lowest BCUT2D eigenvalue weighted by Gasteiger charge is -2.36. The van der Waals surface area contributed by atoms with Gasteiger partial charge in [0.25, 0.3) is 0 Å². The third kappa shape index (κ3) is 3.00. The number of hydrogen-bond acceptors (Lipinski definition) is 3. The minimum absolute atomic E-state index is 0.0103. The van der Waals surface area contributed by atoms with Gasteiger partial charge >= 0.3 is 6.03 Å². The smallest absolute Gasteiger partial charge is 0.317 e. The first-order valence-electron chi connectivity index (χ1n) is 6.79. The van der Waals surface area contributed by atoms with Gasteiger partial charge in [0.1, 0.15) is 0 Å². The van der Waals surface area contributed by atoms with E-state index in [9.17, 15) is 9.59 Å². The molecule has 21 heavy (non-hydrogen) atoms. The summed E-state index contributed by atoms with van der Waals surface area (Å²) < 4.78 is 0. The monoisotopic (exact) mass is 327 g/mol. The molecule has 7 heteroatoms. The molecule has 5 nitrogen and oxygen atoms in total. The maximum Gasteiger partial charge on any atom is 0.317 e. The first kappa shape index (κ1) is 14.6. The zero-order valence-corrected chi connectivity index (χ0v) is 12.8. The Hall–Kier alpha value is -1.30. The zero-order valence-electron chi connectivity index (χ0n) is 11.3. The molecular weight excluding hydrogens is 313 g/mol. The van der Waals surface area contributed by atoms with Gasteiger partial charge < -0.3 is 10.2 Å². The number of ketones is 1. The van der Waals surface area contributed by atoms with E-state index in [2.05, 4.69) is 10.2 Å². The van der Waals surface area contributed by atoms with Crippen LogP contribution in [0.1, 0.15) is 10.4 Å². The number of carbonyl (C=O) groups is 2. The van der Waals surface area contributed by atoms with Crippen molar-refractivity contribution < 1.29 is 9.59 Å². The molecule has 2 saturated heterocycles. The van der Waals surface area contributed by atoms with Gasteiger partial charge in [-0.25, -0.2) is 4.79 Å². The van der Waals surface area contributed by atoms with Crippen molar-refractivity contribution >= 4 is 35.0 Å². The first-order valence-corrected chi connectivity index (χ1v) is 7.55. The summed E-state index contributed by atoms with van der Waals surface area (Å²) in [5.74, 6) is -0.0479. The highest BCUT2D eigenvalue weighted by Gasteiger charge is 2.35. The average molecular weight is 328 g/mol. The fourth-order valence-corrected chi connectivity index (χ4v) is 3.21. The number of rotatable bonds is 3. The number of urea groups is 1. The van der Waals surface area contributed by atoms with Gasteiger partial charge in [0.15, 0.2) is 5.78 Å². The van der Waals surface area contributed by atoms with Crippen LogP contribution in [0.25, 0.3) is 0 Å².